The van der Waals surface area contributed by atoms with Crippen LogP contribution in [-0.4, -0.2) is 68.0 Å². The third-order valence-corrected chi connectivity index (χ3v) is 6.76. The molecular formula is C16H33N3O3S. The summed E-state index contributed by atoms with van der Waals surface area (Å²) in [5.41, 5.74) is 0. The third-order valence-electron chi connectivity index (χ3n) is 4.69. The van der Waals surface area contributed by atoms with Gasteiger partial charge in [0.1, 0.15) is 0 Å². The lowest BCUT2D eigenvalue weighted by atomic mass is 9.97. The van der Waals surface area contributed by atoms with E-state index in [0.717, 1.165) is 13.1 Å². The maximum atomic E-state index is 12.3. The summed E-state index contributed by atoms with van der Waals surface area (Å²) in [5.74, 6) is 0.203. The van der Waals surface area contributed by atoms with Crippen molar-refractivity contribution < 1.29 is 13.2 Å². The van der Waals surface area contributed by atoms with Gasteiger partial charge in [-0.1, -0.05) is 20.8 Å². The van der Waals surface area contributed by atoms with Gasteiger partial charge in [-0.05, 0) is 39.3 Å². The number of carbonyl (C=O) groups excluding carboxylic acids is 1. The second-order valence-electron chi connectivity index (χ2n) is 6.30. The van der Waals surface area contributed by atoms with E-state index >= 15 is 0 Å². The van der Waals surface area contributed by atoms with Crippen LogP contribution in [0, 0.1) is 5.92 Å². The number of likely N-dealkylation sites (N-methyl/N-ethyl adjacent to an activating group) is 1. The molecular weight excluding hydrogens is 314 g/mol. The van der Waals surface area contributed by atoms with Gasteiger partial charge in [-0.25, -0.2) is 12.7 Å². The van der Waals surface area contributed by atoms with Crippen molar-refractivity contribution >= 4 is 15.9 Å². The van der Waals surface area contributed by atoms with Crippen molar-refractivity contribution in [2.45, 2.75) is 53.0 Å². The molecule has 136 valence electrons. The standard InChI is InChI=1S/C16H33N3O3S/c1-5-12-23(21,22)19-10-8-15(9-11-19)16(20)17-13-14(4)18(6-2)7-3/h14-15H,5-13H2,1-4H3,(H,17,20)/t14-/m0/s1. The van der Waals surface area contributed by atoms with Gasteiger partial charge in [0.2, 0.25) is 15.9 Å². The first-order valence-electron chi connectivity index (χ1n) is 8.85. The highest BCUT2D eigenvalue weighted by Gasteiger charge is 2.30. The van der Waals surface area contributed by atoms with Gasteiger partial charge in [-0.3, -0.25) is 9.69 Å². The molecule has 1 fully saturated rings. The van der Waals surface area contributed by atoms with Crippen molar-refractivity contribution in [2.75, 3.05) is 38.5 Å². The Kier molecular flexibility index (Phi) is 8.50. The quantitative estimate of drug-likeness (QED) is 0.682. The van der Waals surface area contributed by atoms with Gasteiger partial charge in [0.25, 0.3) is 0 Å². The Hall–Kier alpha value is -0.660. The minimum Gasteiger partial charge on any atom is -0.354 e. The molecule has 7 heteroatoms. The highest BCUT2D eigenvalue weighted by atomic mass is 32.2. The van der Waals surface area contributed by atoms with E-state index in [4.69, 9.17) is 0 Å². The normalized spacial score (nSPS) is 19.0. The molecule has 0 saturated carbocycles. The van der Waals surface area contributed by atoms with E-state index in [0.29, 0.717) is 44.9 Å². The van der Waals surface area contributed by atoms with Gasteiger partial charge >= 0.3 is 0 Å². The van der Waals surface area contributed by atoms with Crippen LogP contribution in [0.25, 0.3) is 0 Å². The van der Waals surface area contributed by atoms with Crippen LogP contribution in [-0.2, 0) is 14.8 Å². The highest BCUT2D eigenvalue weighted by Crippen LogP contribution is 2.20. The Morgan fingerprint density at radius 2 is 1.78 bits per heavy atom. The number of piperidine rings is 1. The van der Waals surface area contributed by atoms with Gasteiger partial charge in [0.05, 0.1) is 5.75 Å². The van der Waals surface area contributed by atoms with Gasteiger partial charge < -0.3 is 5.32 Å². The molecule has 1 aliphatic rings. The van der Waals surface area contributed by atoms with E-state index in [1.165, 1.54) is 0 Å². The molecule has 1 atom stereocenters. The molecule has 0 aliphatic carbocycles. The predicted octanol–water partition coefficient (Wildman–Crippen LogP) is 1.28. The number of amides is 1. The summed E-state index contributed by atoms with van der Waals surface area (Å²) < 4.78 is 25.6. The number of rotatable bonds is 9. The predicted molar refractivity (Wildman–Crippen MR) is 93.8 cm³/mol. The molecule has 1 amide bonds. The van der Waals surface area contributed by atoms with E-state index in [2.05, 4.69) is 31.0 Å². The number of nitrogens with zero attached hydrogens (tertiary/aromatic N) is 2. The SMILES string of the molecule is CCCS(=O)(=O)N1CCC(C(=O)NC[C@H](C)N(CC)CC)CC1. The molecule has 1 saturated heterocycles. The lowest BCUT2D eigenvalue weighted by Crippen LogP contribution is -2.46. The van der Waals surface area contributed by atoms with Gasteiger partial charge in [-0.2, -0.15) is 0 Å². The van der Waals surface area contributed by atoms with Gasteiger partial charge in [-0.15, -0.1) is 0 Å². The van der Waals surface area contributed by atoms with Crippen LogP contribution < -0.4 is 5.32 Å². The summed E-state index contributed by atoms with van der Waals surface area (Å²) in [5, 5.41) is 3.03. The molecule has 0 spiro atoms. The van der Waals surface area contributed by atoms with E-state index in [9.17, 15) is 13.2 Å². The molecule has 0 bridgehead atoms. The van der Waals surface area contributed by atoms with Crippen LogP contribution in [0.5, 0.6) is 0 Å². The molecule has 1 heterocycles. The van der Waals surface area contributed by atoms with Crippen LogP contribution in [0.3, 0.4) is 0 Å². The fourth-order valence-corrected chi connectivity index (χ4v) is 4.69. The Morgan fingerprint density at radius 3 is 2.26 bits per heavy atom. The first-order valence-corrected chi connectivity index (χ1v) is 10.5. The van der Waals surface area contributed by atoms with Crippen LogP contribution in [0.4, 0.5) is 0 Å². The summed E-state index contributed by atoms with van der Waals surface area (Å²) in [6.07, 6.45) is 1.87. The smallest absolute Gasteiger partial charge is 0.223 e. The average molecular weight is 348 g/mol. The third kappa shape index (κ3) is 6.04. The monoisotopic (exact) mass is 347 g/mol. The number of carbonyl (C=O) groups is 1. The average Bonchev–Trinajstić information content (AvgIpc) is 2.54. The zero-order valence-corrected chi connectivity index (χ0v) is 15.9. The van der Waals surface area contributed by atoms with E-state index in [-0.39, 0.29) is 17.6 Å². The van der Waals surface area contributed by atoms with Crippen LogP contribution in [0.15, 0.2) is 0 Å². The topological polar surface area (TPSA) is 69.7 Å². The summed E-state index contributed by atoms with van der Waals surface area (Å²) in [7, 11) is -3.13. The number of hydrogen-bond donors (Lipinski definition) is 1. The Morgan fingerprint density at radius 1 is 1.22 bits per heavy atom. The van der Waals surface area contributed by atoms with E-state index in [1.807, 2.05) is 6.92 Å². The molecule has 1 aliphatic heterocycles. The second-order valence-corrected chi connectivity index (χ2v) is 8.39. The molecule has 0 aromatic rings. The van der Waals surface area contributed by atoms with Crippen molar-refractivity contribution in [1.29, 1.82) is 0 Å². The van der Waals surface area contributed by atoms with Gasteiger partial charge in [0, 0.05) is 31.6 Å². The van der Waals surface area contributed by atoms with Gasteiger partial charge in [0.15, 0.2) is 0 Å². The Balaban J connectivity index is 2.41. The maximum absolute atomic E-state index is 12.3. The second kappa shape index (κ2) is 9.59. The summed E-state index contributed by atoms with van der Waals surface area (Å²) in [4.78, 5) is 14.6. The molecule has 0 unspecified atom stereocenters. The molecule has 0 aromatic carbocycles. The lowest BCUT2D eigenvalue weighted by Gasteiger charge is -2.31. The van der Waals surface area contributed by atoms with E-state index < -0.39 is 10.0 Å². The van der Waals surface area contributed by atoms with Crippen LogP contribution >= 0.6 is 0 Å². The molecule has 23 heavy (non-hydrogen) atoms. The Bertz CT molecular complexity index is 455. The largest absolute Gasteiger partial charge is 0.354 e. The van der Waals surface area contributed by atoms with Crippen molar-refractivity contribution in [2.24, 2.45) is 5.92 Å². The van der Waals surface area contributed by atoms with Crippen molar-refractivity contribution in [3.63, 3.8) is 0 Å². The minimum absolute atomic E-state index is 0.0630. The highest BCUT2D eigenvalue weighted by molar-refractivity contribution is 7.89. The maximum Gasteiger partial charge on any atom is 0.223 e. The Labute approximate surface area is 141 Å². The summed E-state index contributed by atoms with van der Waals surface area (Å²) in [6, 6.07) is 0.318. The molecule has 0 aromatic heterocycles. The zero-order valence-electron chi connectivity index (χ0n) is 15.0. The molecule has 1 N–H and O–H groups in total. The number of nitrogens with one attached hydrogen (secondary N) is 1. The zero-order chi connectivity index (χ0) is 17.5. The molecule has 6 nitrogen and oxygen atoms in total. The van der Waals surface area contributed by atoms with E-state index in [1.54, 1.807) is 4.31 Å². The minimum atomic E-state index is -3.13. The molecule has 1 rings (SSSR count). The first kappa shape index (κ1) is 20.4. The molecule has 0 radical (unpaired) electrons. The van der Waals surface area contributed by atoms with Crippen molar-refractivity contribution in [3.05, 3.63) is 0 Å². The fraction of sp³-hybridized carbons (Fsp3) is 0.938. The van der Waals surface area contributed by atoms with Crippen molar-refractivity contribution in [1.82, 2.24) is 14.5 Å². The summed E-state index contributed by atoms with van der Waals surface area (Å²) in [6.45, 7) is 11.7. The number of hydrogen-bond acceptors (Lipinski definition) is 4. The lowest BCUT2D eigenvalue weighted by molar-refractivity contribution is -0.126. The summed E-state index contributed by atoms with van der Waals surface area (Å²) >= 11 is 0. The van der Waals surface area contributed by atoms with Crippen LogP contribution in [0.1, 0.15) is 47.0 Å². The van der Waals surface area contributed by atoms with Crippen molar-refractivity contribution in [3.8, 4) is 0 Å². The van der Waals surface area contributed by atoms with Crippen LogP contribution in [0.2, 0.25) is 0 Å². The number of sulfonamides is 1. The first-order chi connectivity index (χ1) is 10.9. The fourth-order valence-electron chi connectivity index (χ4n) is 3.15.